The molecule has 1 aromatic carbocycles. The van der Waals surface area contributed by atoms with Crippen LogP contribution in [0.3, 0.4) is 0 Å². The lowest BCUT2D eigenvalue weighted by molar-refractivity contribution is 0.580. The predicted molar refractivity (Wildman–Crippen MR) is 81.9 cm³/mol. The Morgan fingerprint density at radius 2 is 1.95 bits per heavy atom. The number of nitrogens with zero attached hydrogens (tertiary/aromatic N) is 3. The van der Waals surface area contributed by atoms with Crippen molar-refractivity contribution < 1.29 is 0 Å². The van der Waals surface area contributed by atoms with Gasteiger partial charge in [0.25, 0.3) is 0 Å². The van der Waals surface area contributed by atoms with Crippen molar-refractivity contribution in [1.82, 2.24) is 15.3 Å². The fourth-order valence-electron chi connectivity index (χ4n) is 2.59. The SMILES string of the molecule is CCc1ccccc1-c1ccnc(N2CCNCC2)n1. The number of hydrogen-bond donors (Lipinski definition) is 1. The monoisotopic (exact) mass is 268 g/mol. The molecule has 0 spiro atoms. The largest absolute Gasteiger partial charge is 0.338 e. The van der Waals surface area contributed by atoms with Crippen molar-refractivity contribution in [2.24, 2.45) is 0 Å². The first-order valence-corrected chi connectivity index (χ1v) is 7.25. The van der Waals surface area contributed by atoms with E-state index in [1.165, 1.54) is 11.1 Å². The first-order chi connectivity index (χ1) is 9.88. The highest BCUT2D eigenvalue weighted by molar-refractivity contribution is 5.64. The van der Waals surface area contributed by atoms with Crippen LogP contribution in [0.15, 0.2) is 36.5 Å². The Balaban J connectivity index is 1.94. The lowest BCUT2D eigenvalue weighted by Crippen LogP contribution is -2.44. The van der Waals surface area contributed by atoms with Crippen LogP contribution in [-0.4, -0.2) is 36.1 Å². The molecule has 0 aliphatic carbocycles. The molecule has 0 amide bonds. The van der Waals surface area contributed by atoms with E-state index in [9.17, 15) is 0 Å². The minimum Gasteiger partial charge on any atom is -0.338 e. The van der Waals surface area contributed by atoms with E-state index in [4.69, 9.17) is 4.98 Å². The zero-order valence-corrected chi connectivity index (χ0v) is 11.8. The van der Waals surface area contributed by atoms with Gasteiger partial charge in [-0.1, -0.05) is 31.2 Å². The predicted octanol–water partition coefficient (Wildman–Crippen LogP) is 2.12. The maximum atomic E-state index is 4.76. The lowest BCUT2D eigenvalue weighted by atomic mass is 10.0. The zero-order valence-electron chi connectivity index (χ0n) is 11.8. The summed E-state index contributed by atoms with van der Waals surface area (Å²) >= 11 is 0. The van der Waals surface area contributed by atoms with Crippen LogP contribution < -0.4 is 10.2 Å². The second-order valence-electron chi connectivity index (χ2n) is 4.99. The minimum atomic E-state index is 0.843. The quantitative estimate of drug-likeness (QED) is 0.925. The summed E-state index contributed by atoms with van der Waals surface area (Å²) in [4.78, 5) is 11.4. The molecule has 1 aliphatic rings. The highest BCUT2D eigenvalue weighted by Gasteiger charge is 2.14. The number of anilines is 1. The standard InChI is InChI=1S/C16H20N4/c1-2-13-5-3-4-6-14(13)15-7-8-18-16(19-15)20-11-9-17-10-12-20/h3-8,17H,2,9-12H2,1H3. The normalized spacial score (nSPS) is 15.3. The van der Waals surface area contributed by atoms with E-state index in [1.807, 2.05) is 12.3 Å². The Labute approximate surface area is 119 Å². The number of aromatic nitrogens is 2. The van der Waals surface area contributed by atoms with E-state index in [1.54, 1.807) is 0 Å². The van der Waals surface area contributed by atoms with E-state index < -0.39 is 0 Å². The Morgan fingerprint density at radius 3 is 2.75 bits per heavy atom. The van der Waals surface area contributed by atoms with Gasteiger partial charge in [0.05, 0.1) is 5.69 Å². The van der Waals surface area contributed by atoms with Gasteiger partial charge in [0.1, 0.15) is 0 Å². The summed E-state index contributed by atoms with van der Waals surface area (Å²) in [6.07, 6.45) is 2.88. The van der Waals surface area contributed by atoms with Crippen molar-refractivity contribution in [3.63, 3.8) is 0 Å². The highest BCUT2D eigenvalue weighted by Crippen LogP contribution is 2.23. The molecule has 0 radical (unpaired) electrons. The summed E-state index contributed by atoms with van der Waals surface area (Å²) in [6.45, 7) is 6.12. The summed E-state index contributed by atoms with van der Waals surface area (Å²) in [5.74, 6) is 0.843. The summed E-state index contributed by atoms with van der Waals surface area (Å²) in [5, 5.41) is 3.35. The van der Waals surface area contributed by atoms with Crippen LogP contribution in [-0.2, 0) is 6.42 Å². The molecule has 2 heterocycles. The molecule has 1 saturated heterocycles. The van der Waals surface area contributed by atoms with E-state index in [2.05, 4.69) is 46.4 Å². The summed E-state index contributed by atoms with van der Waals surface area (Å²) in [5.41, 5.74) is 3.57. The Bertz CT molecular complexity index is 576. The molecular formula is C16H20N4. The van der Waals surface area contributed by atoms with Gasteiger partial charge in [-0.2, -0.15) is 0 Å². The molecule has 1 N–H and O–H groups in total. The zero-order chi connectivity index (χ0) is 13.8. The topological polar surface area (TPSA) is 41.1 Å². The third-order valence-electron chi connectivity index (χ3n) is 3.72. The van der Waals surface area contributed by atoms with E-state index >= 15 is 0 Å². The van der Waals surface area contributed by atoms with Crippen LogP contribution in [0.5, 0.6) is 0 Å². The maximum Gasteiger partial charge on any atom is 0.225 e. The fourth-order valence-corrected chi connectivity index (χ4v) is 2.59. The third kappa shape index (κ3) is 2.65. The van der Waals surface area contributed by atoms with Crippen molar-refractivity contribution in [3.8, 4) is 11.3 Å². The van der Waals surface area contributed by atoms with Crippen LogP contribution in [0.25, 0.3) is 11.3 Å². The van der Waals surface area contributed by atoms with E-state index in [-0.39, 0.29) is 0 Å². The first kappa shape index (κ1) is 13.1. The summed E-state index contributed by atoms with van der Waals surface area (Å²) in [6, 6.07) is 10.5. The van der Waals surface area contributed by atoms with Gasteiger partial charge in [0.15, 0.2) is 0 Å². The fraction of sp³-hybridized carbons (Fsp3) is 0.375. The molecular weight excluding hydrogens is 248 g/mol. The molecule has 2 aromatic rings. The average molecular weight is 268 g/mol. The Kier molecular flexibility index (Phi) is 3.92. The molecule has 0 bridgehead atoms. The van der Waals surface area contributed by atoms with Crippen LogP contribution in [0.1, 0.15) is 12.5 Å². The molecule has 1 aliphatic heterocycles. The third-order valence-corrected chi connectivity index (χ3v) is 3.72. The van der Waals surface area contributed by atoms with E-state index in [0.29, 0.717) is 0 Å². The second-order valence-corrected chi connectivity index (χ2v) is 4.99. The molecule has 3 rings (SSSR count). The smallest absolute Gasteiger partial charge is 0.225 e. The molecule has 4 nitrogen and oxygen atoms in total. The number of hydrogen-bond acceptors (Lipinski definition) is 4. The number of piperazine rings is 1. The van der Waals surface area contributed by atoms with Gasteiger partial charge in [0.2, 0.25) is 5.95 Å². The van der Waals surface area contributed by atoms with Crippen molar-refractivity contribution in [1.29, 1.82) is 0 Å². The minimum absolute atomic E-state index is 0.843. The van der Waals surface area contributed by atoms with Crippen molar-refractivity contribution in [2.75, 3.05) is 31.1 Å². The van der Waals surface area contributed by atoms with Gasteiger partial charge >= 0.3 is 0 Å². The molecule has 1 aromatic heterocycles. The van der Waals surface area contributed by atoms with Crippen LogP contribution in [0.2, 0.25) is 0 Å². The average Bonchev–Trinajstić information content (AvgIpc) is 2.56. The molecule has 0 saturated carbocycles. The molecule has 1 fully saturated rings. The van der Waals surface area contributed by atoms with Gasteiger partial charge in [-0.25, -0.2) is 9.97 Å². The van der Waals surface area contributed by atoms with Gasteiger partial charge in [-0.3, -0.25) is 0 Å². The number of benzene rings is 1. The number of nitrogens with one attached hydrogen (secondary N) is 1. The second kappa shape index (κ2) is 6.01. The maximum absolute atomic E-state index is 4.76. The molecule has 0 atom stereocenters. The lowest BCUT2D eigenvalue weighted by Gasteiger charge is -2.27. The molecule has 4 heteroatoms. The number of aryl methyl sites for hydroxylation is 1. The Hall–Kier alpha value is -1.94. The molecule has 0 unspecified atom stereocenters. The van der Waals surface area contributed by atoms with Gasteiger partial charge < -0.3 is 10.2 Å². The van der Waals surface area contributed by atoms with Crippen LogP contribution in [0, 0.1) is 0 Å². The first-order valence-electron chi connectivity index (χ1n) is 7.25. The highest BCUT2D eigenvalue weighted by atomic mass is 15.3. The molecule has 104 valence electrons. The van der Waals surface area contributed by atoms with Gasteiger partial charge in [-0.05, 0) is 18.1 Å². The molecule has 20 heavy (non-hydrogen) atoms. The van der Waals surface area contributed by atoms with Gasteiger partial charge in [-0.15, -0.1) is 0 Å². The van der Waals surface area contributed by atoms with Crippen molar-refractivity contribution >= 4 is 5.95 Å². The summed E-state index contributed by atoms with van der Waals surface area (Å²) in [7, 11) is 0. The summed E-state index contributed by atoms with van der Waals surface area (Å²) < 4.78 is 0. The van der Waals surface area contributed by atoms with Crippen molar-refractivity contribution in [3.05, 3.63) is 42.1 Å². The van der Waals surface area contributed by atoms with Crippen LogP contribution in [0.4, 0.5) is 5.95 Å². The van der Waals surface area contributed by atoms with Gasteiger partial charge in [0, 0.05) is 37.9 Å². The van der Waals surface area contributed by atoms with Crippen molar-refractivity contribution in [2.45, 2.75) is 13.3 Å². The number of rotatable bonds is 3. The van der Waals surface area contributed by atoms with E-state index in [0.717, 1.165) is 44.2 Å². The Morgan fingerprint density at radius 1 is 1.15 bits per heavy atom. The van der Waals surface area contributed by atoms with Crippen LogP contribution >= 0.6 is 0 Å².